The number of nitrogens with zero attached hydrogens (tertiary/aromatic N) is 4. The summed E-state index contributed by atoms with van der Waals surface area (Å²) in [6, 6.07) is 17.8. The van der Waals surface area contributed by atoms with E-state index in [1.165, 1.54) is 11.3 Å². The van der Waals surface area contributed by atoms with E-state index in [-0.39, 0.29) is 0 Å². The fourth-order valence-corrected chi connectivity index (χ4v) is 3.48. The molecule has 3 heterocycles. The van der Waals surface area contributed by atoms with E-state index in [4.69, 9.17) is 9.15 Å². The second-order valence-corrected chi connectivity index (χ2v) is 6.50. The molecule has 122 valence electrons. The van der Waals surface area contributed by atoms with Crippen molar-refractivity contribution >= 4 is 27.1 Å². The highest BCUT2D eigenvalue weighted by Gasteiger charge is 2.15. The van der Waals surface area contributed by atoms with Crippen LogP contribution in [0.4, 0.5) is 0 Å². The third kappa shape index (κ3) is 2.45. The summed E-state index contributed by atoms with van der Waals surface area (Å²) >= 11 is 1.45. The largest absolute Gasteiger partial charge is 0.486 e. The van der Waals surface area contributed by atoms with Crippen molar-refractivity contribution in [2.75, 3.05) is 0 Å². The summed E-state index contributed by atoms with van der Waals surface area (Å²) in [4.78, 5) is 0.711. The molecule has 0 fully saturated rings. The Morgan fingerprint density at radius 2 is 1.92 bits per heavy atom. The first-order valence-electron chi connectivity index (χ1n) is 7.74. The van der Waals surface area contributed by atoms with E-state index in [0.29, 0.717) is 23.2 Å². The Balaban J connectivity index is 1.44. The van der Waals surface area contributed by atoms with E-state index in [9.17, 15) is 0 Å². The number of fused-ring (bicyclic) bond motifs is 2. The fraction of sp³-hybridized carbons (Fsp3) is 0.0556. The van der Waals surface area contributed by atoms with Gasteiger partial charge >= 0.3 is 0 Å². The molecule has 6 nitrogen and oxygen atoms in total. The molecule has 0 saturated carbocycles. The lowest BCUT2D eigenvalue weighted by atomic mass is 10.1. The molecule has 5 rings (SSSR count). The number of aromatic nitrogens is 4. The normalized spacial score (nSPS) is 11.4. The Labute approximate surface area is 146 Å². The molecule has 0 bridgehead atoms. The molecule has 0 radical (unpaired) electrons. The number of ether oxygens (including phenoxy) is 1. The first-order chi connectivity index (χ1) is 12.4. The zero-order chi connectivity index (χ0) is 16.6. The second-order valence-electron chi connectivity index (χ2n) is 5.46. The smallest absolute Gasteiger partial charge is 0.235 e. The molecular formula is C18H12N4O2S. The first-order valence-corrected chi connectivity index (χ1v) is 8.56. The van der Waals surface area contributed by atoms with Crippen molar-refractivity contribution < 1.29 is 9.15 Å². The summed E-state index contributed by atoms with van der Waals surface area (Å²) < 4.78 is 13.1. The van der Waals surface area contributed by atoms with Crippen molar-refractivity contribution in [3.05, 3.63) is 65.9 Å². The molecule has 0 N–H and O–H groups in total. The number of furan rings is 1. The molecule has 0 unspecified atom stereocenters. The van der Waals surface area contributed by atoms with Crippen LogP contribution in [-0.4, -0.2) is 19.8 Å². The van der Waals surface area contributed by atoms with E-state index < -0.39 is 0 Å². The highest BCUT2D eigenvalue weighted by Crippen LogP contribution is 2.27. The Morgan fingerprint density at radius 1 is 1.00 bits per heavy atom. The topological polar surface area (TPSA) is 65.5 Å². The second kappa shape index (κ2) is 5.71. The first kappa shape index (κ1) is 14.2. The summed E-state index contributed by atoms with van der Waals surface area (Å²) in [5.74, 6) is 2.07. The van der Waals surface area contributed by atoms with Crippen LogP contribution >= 0.6 is 11.3 Å². The Kier molecular flexibility index (Phi) is 3.24. The predicted octanol–water partition coefficient (Wildman–Crippen LogP) is 4.18. The zero-order valence-corrected chi connectivity index (χ0v) is 13.8. The molecule has 3 aromatic heterocycles. The molecule has 0 aliphatic heterocycles. The molecule has 0 aliphatic rings. The van der Waals surface area contributed by atoms with Crippen LogP contribution < -0.4 is 4.74 Å². The van der Waals surface area contributed by atoms with Crippen LogP contribution in [0.2, 0.25) is 0 Å². The van der Waals surface area contributed by atoms with Crippen LogP contribution in [0.25, 0.3) is 27.3 Å². The lowest BCUT2D eigenvalue weighted by molar-refractivity contribution is 0.308. The number of rotatable bonds is 4. The van der Waals surface area contributed by atoms with Crippen LogP contribution in [0.3, 0.4) is 0 Å². The van der Waals surface area contributed by atoms with Gasteiger partial charge in [0.2, 0.25) is 10.8 Å². The quantitative estimate of drug-likeness (QED) is 0.487. The number of benzene rings is 2. The molecule has 7 heteroatoms. The Bertz CT molecular complexity index is 1160. The van der Waals surface area contributed by atoms with Gasteiger partial charge in [-0.3, -0.25) is 0 Å². The molecule has 0 atom stereocenters. The molecule has 25 heavy (non-hydrogen) atoms. The lowest BCUT2D eigenvalue weighted by Crippen LogP contribution is -1.97. The van der Waals surface area contributed by atoms with Crippen molar-refractivity contribution in [3.8, 4) is 17.3 Å². The molecule has 0 spiro atoms. The van der Waals surface area contributed by atoms with Crippen molar-refractivity contribution in [1.82, 2.24) is 19.8 Å². The van der Waals surface area contributed by atoms with Gasteiger partial charge in [0, 0.05) is 5.39 Å². The third-order valence-corrected chi connectivity index (χ3v) is 4.75. The maximum absolute atomic E-state index is 6.00. The van der Waals surface area contributed by atoms with Gasteiger partial charge in [0.25, 0.3) is 0 Å². The predicted molar refractivity (Wildman–Crippen MR) is 94.6 cm³/mol. The molecule has 2 aromatic carbocycles. The van der Waals surface area contributed by atoms with Gasteiger partial charge in [0.05, 0.1) is 6.26 Å². The van der Waals surface area contributed by atoms with Crippen LogP contribution in [0.15, 0.2) is 65.3 Å². The van der Waals surface area contributed by atoms with Gasteiger partial charge in [0.15, 0.2) is 10.8 Å². The van der Waals surface area contributed by atoms with E-state index in [1.807, 2.05) is 36.4 Å². The van der Waals surface area contributed by atoms with Crippen LogP contribution in [0, 0.1) is 0 Å². The minimum atomic E-state index is 0.375. The third-order valence-electron chi connectivity index (χ3n) is 3.88. The van der Waals surface area contributed by atoms with E-state index in [1.54, 1.807) is 10.8 Å². The summed E-state index contributed by atoms with van der Waals surface area (Å²) in [6.45, 7) is 0.375. The van der Waals surface area contributed by atoms with Gasteiger partial charge in [-0.25, -0.2) is 0 Å². The van der Waals surface area contributed by atoms with Gasteiger partial charge in [-0.05, 0) is 23.6 Å². The van der Waals surface area contributed by atoms with Crippen LogP contribution in [0.1, 0.15) is 5.01 Å². The van der Waals surface area contributed by atoms with Crippen molar-refractivity contribution in [3.63, 3.8) is 0 Å². The van der Waals surface area contributed by atoms with Gasteiger partial charge < -0.3 is 9.15 Å². The molecule has 0 saturated heterocycles. The minimum absolute atomic E-state index is 0.375. The fourth-order valence-electron chi connectivity index (χ4n) is 2.74. The number of hydrogen-bond acceptors (Lipinski definition) is 6. The number of hydrogen-bond donors (Lipinski definition) is 0. The molecule has 0 aliphatic carbocycles. The van der Waals surface area contributed by atoms with Gasteiger partial charge in [-0.15, -0.1) is 10.2 Å². The molecule has 0 amide bonds. The summed E-state index contributed by atoms with van der Waals surface area (Å²) in [6.07, 6.45) is 1.60. The molecule has 5 aromatic rings. The Morgan fingerprint density at radius 3 is 2.84 bits per heavy atom. The van der Waals surface area contributed by atoms with Crippen molar-refractivity contribution in [1.29, 1.82) is 0 Å². The monoisotopic (exact) mass is 348 g/mol. The maximum atomic E-state index is 6.00. The van der Waals surface area contributed by atoms with Gasteiger partial charge in [-0.1, -0.05) is 47.7 Å². The standard InChI is InChI=1S/C18H12N4O2S/c1-2-7-13-12(5-1)6-3-8-14(13)24-11-16-21-22-17(15-9-4-10-23-15)19-20-18(22)25-16/h1-10H,11H2. The van der Waals surface area contributed by atoms with E-state index in [0.717, 1.165) is 21.5 Å². The highest BCUT2D eigenvalue weighted by atomic mass is 32.1. The van der Waals surface area contributed by atoms with E-state index in [2.05, 4.69) is 33.5 Å². The van der Waals surface area contributed by atoms with Crippen LogP contribution in [-0.2, 0) is 6.61 Å². The average molecular weight is 348 g/mol. The van der Waals surface area contributed by atoms with Crippen molar-refractivity contribution in [2.24, 2.45) is 0 Å². The zero-order valence-electron chi connectivity index (χ0n) is 13.0. The van der Waals surface area contributed by atoms with Gasteiger partial charge in [-0.2, -0.15) is 9.61 Å². The molecular weight excluding hydrogens is 336 g/mol. The Hall–Kier alpha value is -3.19. The lowest BCUT2D eigenvalue weighted by Gasteiger charge is -2.07. The van der Waals surface area contributed by atoms with Crippen LogP contribution in [0.5, 0.6) is 5.75 Å². The van der Waals surface area contributed by atoms with E-state index >= 15 is 0 Å². The summed E-state index contributed by atoms with van der Waals surface area (Å²) in [5.41, 5.74) is 0. The minimum Gasteiger partial charge on any atom is -0.486 e. The van der Waals surface area contributed by atoms with Gasteiger partial charge in [0.1, 0.15) is 12.4 Å². The summed E-state index contributed by atoms with van der Waals surface area (Å²) in [7, 11) is 0. The van der Waals surface area contributed by atoms with Crippen molar-refractivity contribution in [2.45, 2.75) is 6.61 Å². The average Bonchev–Trinajstić information content (AvgIpc) is 3.36. The maximum Gasteiger partial charge on any atom is 0.235 e. The SMILES string of the molecule is c1coc(-c2nnc3sc(COc4cccc5ccccc45)nn23)c1. The highest BCUT2D eigenvalue weighted by molar-refractivity contribution is 7.16. The summed E-state index contributed by atoms with van der Waals surface area (Å²) in [5, 5.41) is 15.9.